The van der Waals surface area contributed by atoms with E-state index in [0.29, 0.717) is 11.3 Å². The number of anilines is 1. The molecule has 0 fully saturated rings. The van der Waals surface area contributed by atoms with Crippen molar-refractivity contribution in [2.75, 3.05) is 5.32 Å². The molecule has 0 heterocycles. The lowest BCUT2D eigenvalue weighted by Crippen LogP contribution is -2.26. The number of carbonyl (C=O) groups excluding carboxylic acids is 1. The van der Waals surface area contributed by atoms with Crippen LogP contribution in [0.4, 0.5) is 5.69 Å². The van der Waals surface area contributed by atoms with Gasteiger partial charge in [-0.2, -0.15) is 0 Å². The number of unbranched alkanes of at least 4 members (excludes halogenated alkanes) is 1. The molecule has 0 radical (unpaired) electrons. The Morgan fingerprint density at radius 2 is 1.65 bits per heavy atom. The van der Waals surface area contributed by atoms with E-state index in [1.807, 2.05) is 24.3 Å². The SMILES string of the molecule is CCCCc1ccc(NC(=O)c2ccc(C[S+]([O-])C(C)(C)Cl)cc2)cc1. The van der Waals surface area contributed by atoms with E-state index in [1.54, 1.807) is 26.0 Å². The molecule has 1 N–H and O–H groups in total. The number of benzene rings is 2. The van der Waals surface area contributed by atoms with Gasteiger partial charge in [0.25, 0.3) is 5.91 Å². The average Bonchev–Trinajstić information content (AvgIpc) is 2.61. The number of nitrogens with one attached hydrogen (secondary N) is 1. The van der Waals surface area contributed by atoms with Crippen LogP contribution in [0.15, 0.2) is 48.5 Å². The van der Waals surface area contributed by atoms with Crippen LogP contribution in [0.3, 0.4) is 0 Å². The number of carbonyl (C=O) groups is 1. The van der Waals surface area contributed by atoms with Gasteiger partial charge in [-0.25, -0.2) is 0 Å². The molecule has 26 heavy (non-hydrogen) atoms. The summed E-state index contributed by atoms with van der Waals surface area (Å²) < 4.78 is 11.3. The van der Waals surface area contributed by atoms with Gasteiger partial charge in [0.05, 0.1) is 0 Å². The molecule has 1 amide bonds. The van der Waals surface area contributed by atoms with Crippen molar-refractivity contribution >= 4 is 34.4 Å². The van der Waals surface area contributed by atoms with Crippen LogP contribution < -0.4 is 5.32 Å². The van der Waals surface area contributed by atoms with Crippen molar-refractivity contribution in [1.82, 2.24) is 0 Å². The first-order valence-electron chi connectivity index (χ1n) is 8.86. The second kappa shape index (κ2) is 9.45. The van der Waals surface area contributed by atoms with Gasteiger partial charge in [-0.3, -0.25) is 4.79 Å². The van der Waals surface area contributed by atoms with E-state index in [9.17, 15) is 9.35 Å². The van der Waals surface area contributed by atoms with Gasteiger partial charge in [-0.1, -0.05) is 49.2 Å². The van der Waals surface area contributed by atoms with Crippen molar-refractivity contribution in [3.8, 4) is 0 Å². The summed E-state index contributed by atoms with van der Waals surface area (Å²) in [5, 5.41) is 2.91. The van der Waals surface area contributed by atoms with Crippen LogP contribution in [0.1, 0.15) is 55.1 Å². The van der Waals surface area contributed by atoms with Gasteiger partial charge in [-0.05, 0) is 53.8 Å². The van der Waals surface area contributed by atoms with E-state index in [0.717, 1.165) is 17.7 Å². The highest BCUT2D eigenvalue weighted by Gasteiger charge is 2.28. The smallest absolute Gasteiger partial charge is 0.255 e. The first-order chi connectivity index (χ1) is 12.3. The molecule has 0 aliphatic rings. The van der Waals surface area contributed by atoms with Crippen molar-refractivity contribution < 1.29 is 9.35 Å². The minimum absolute atomic E-state index is 0.156. The standard InChI is InChI=1S/C21H26ClNO2S/c1-4-5-6-16-9-13-19(14-10-16)23-20(24)18-11-7-17(8-12-18)15-26(25)21(2,3)22/h7-14H,4-6,15H2,1-3H3,(H,23,24). The Morgan fingerprint density at radius 3 is 2.19 bits per heavy atom. The summed E-state index contributed by atoms with van der Waals surface area (Å²) in [6.07, 6.45) is 3.40. The van der Waals surface area contributed by atoms with E-state index in [4.69, 9.17) is 11.6 Å². The summed E-state index contributed by atoms with van der Waals surface area (Å²) in [5.74, 6) is 0.217. The summed E-state index contributed by atoms with van der Waals surface area (Å²) in [4.78, 5) is 12.4. The van der Waals surface area contributed by atoms with E-state index in [2.05, 4.69) is 24.4 Å². The Bertz CT molecular complexity index is 708. The molecule has 0 bridgehead atoms. The van der Waals surface area contributed by atoms with Crippen molar-refractivity contribution in [2.45, 2.75) is 50.0 Å². The normalized spacial score (nSPS) is 12.7. The van der Waals surface area contributed by atoms with Crippen molar-refractivity contribution in [3.63, 3.8) is 0 Å². The van der Waals surface area contributed by atoms with Gasteiger partial charge in [0.1, 0.15) is 5.75 Å². The molecule has 0 spiro atoms. The second-order valence-electron chi connectivity index (χ2n) is 6.80. The van der Waals surface area contributed by atoms with E-state index < -0.39 is 15.4 Å². The largest absolute Gasteiger partial charge is 0.615 e. The Labute approximate surface area is 164 Å². The molecular formula is C21H26ClNO2S. The molecule has 0 aliphatic heterocycles. The monoisotopic (exact) mass is 391 g/mol. The van der Waals surface area contributed by atoms with Crippen molar-refractivity contribution in [3.05, 3.63) is 65.2 Å². The zero-order valence-corrected chi connectivity index (χ0v) is 17.1. The summed E-state index contributed by atoms with van der Waals surface area (Å²) >= 11 is 4.90. The van der Waals surface area contributed by atoms with Gasteiger partial charge in [0.15, 0.2) is 4.21 Å². The molecule has 1 atom stereocenters. The third kappa shape index (κ3) is 6.35. The fourth-order valence-electron chi connectivity index (χ4n) is 2.41. The van der Waals surface area contributed by atoms with E-state index >= 15 is 0 Å². The topological polar surface area (TPSA) is 52.2 Å². The van der Waals surface area contributed by atoms with E-state index in [-0.39, 0.29) is 5.91 Å². The Kier molecular flexibility index (Phi) is 7.56. The quantitative estimate of drug-likeness (QED) is 0.476. The third-order valence-electron chi connectivity index (χ3n) is 4.09. The van der Waals surface area contributed by atoms with Crippen molar-refractivity contribution in [2.24, 2.45) is 0 Å². The Hall–Kier alpha value is -1.49. The first-order valence-corrected chi connectivity index (χ1v) is 10.6. The Morgan fingerprint density at radius 1 is 1.08 bits per heavy atom. The number of hydrogen-bond acceptors (Lipinski definition) is 2. The number of amides is 1. The van der Waals surface area contributed by atoms with Crippen molar-refractivity contribution in [1.29, 1.82) is 0 Å². The molecule has 0 aliphatic carbocycles. The molecule has 5 heteroatoms. The summed E-state index contributed by atoms with van der Waals surface area (Å²) in [7, 11) is 0. The predicted octanol–water partition coefficient (Wildman–Crippen LogP) is 5.51. The highest BCUT2D eigenvalue weighted by Crippen LogP contribution is 2.25. The van der Waals surface area contributed by atoms with E-state index in [1.165, 1.54) is 18.4 Å². The lowest BCUT2D eigenvalue weighted by molar-refractivity contribution is 0.102. The van der Waals surface area contributed by atoms with Crippen LogP contribution in [-0.4, -0.2) is 14.7 Å². The predicted molar refractivity (Wildman–Crippen MR) is 111 cm³/mol. The molecule has 2 aromatic rings. The second-order valence-corrected chi connectivity index (χ2v) is 9.97. The number of alkyl halides is 1. The van der Waals surface area contributed by atoms with Gasteiger partial charge in [0, 0.05) is 30.7 Å². The van der Waals surface area contributed by atoms with Crippen LogP contribution in [0.25, 0.3) is 0 Å². The number of halogens is 1. The molecular weight excluding hydrogens is 366 g/mol. The Balaban J connectivity index is 1.95. The molecule has 1 unspecified atom stereocenters. The van der Waals surface area contributed by atoms with Crippen LogP contribution in [0, 0.1) is 0 Å². The van der Waals surface area contributed by atoms with Crippen LogP contribution >= 0.6 is 11.6 Å². The summed E-state index contributed by atoms with van der Waals surface area (Å²) in [5.41, 5.74) is 3.53. The van der Waals surface area contributed by atoms with Crippen LogP contribution in [0.2, 0.25) is 0 Å². The number of rotatable bonds is 8. The summed E-state index contributed by atoms with van der Waals surface area (Å²) in [6.45, 7) is 5.65. The fourth-order valence-corrected chi connectivity index (χ4v) is 3.42. The van der Waals surface area contributed by atoms with Gasteiger partial charge < -0.3 is 9.87 Å². The minimum atomic E-state index is -1.18. The lowest BCUT2D eigenvalue weighted by Gasteiger charge is -2.22. The lowest BCUT2D eigenvalue weighted by atomic mass is 10.1. The van der Waals surface area contributed by atoms with Gasteiger partial charge in [-0.15, -0.1) is 0 Å². The highest BCUT2D eigenvalue weighted by molar-refractivity contribution is 7.93. The molecule has 2 rings (SSSR count). The number of hydrogen-bond donors (Lipinski definition) is 1. The molecule has 140 valence electrons. The molecule has 0 aromatic heterocycles. The van der Waals surface area contributed by atoms with Gasteiger partial charge in [0.2, 0.25) is 0 Å². The highest BCUT2D eigenvalue weighted by atomic mass is 35.5. The minimum Gasteiger partial charge on any atom is -0.615 e. The zero-order chi connectivity index (χ0) is 19.2. The maximum absolute atomic E-state index is 12.4. The summed E-state index contributed by atoms with van der Waals surface area (Å²) in [6, 6.07) is 15.1. The zero-order valence-electron chi connectivity index (χ0n) is 15.5. The number of aryl methyl sites for hydroxylation is 1. The maximum Gasteiger partial charge on any atom is 0.255 e. The maximum atomic E-state index is 12.4. The van der Waals surface area contributed by atoms with Crippen LogP contribution in [-0.2, 0) is 23.3 Å². The van der Waals surface area contributed by atoms with Gasteiger partial charge >= 0.3 is 0 Å². The van der Waals surface area contributed by atoms with Crippen LogP contribution in [0.5, 0.6) is 0 Å². The third-order valence-corrected chi connectivity index (χ3v) is 6.28. The average molecular weight is 392 g/mol. The molecule has 0 saturated carbocycles. The fraction of sp³-hybridized carbons (Fsp3) is 0.381. The molecule has 0 saturated heterocycles. The molecule has 2 aromatic carbocycles. The molecule has 3 nitrogen and oxygen atoms in total. The first kappa shape index (κ1) is 20.8.